The highest BCUT2D eigenvalue weighted by Gasteiger charge is 2.17. The van der Waals surface area contributed by atoms with E-state index in [4.69, 9.17) is 5.73 Å². The first kappa shape index (κ1) is 12.2. The summed E-state index contributed by atoms with van der Waals surface area (Å²) in [5.41, 5.74) is 8.24. The second kappa shape index (κ2) is 5.37. The molecule has 92 valence electrons. The SMILES string of the molecule is CCCn1cc(C(N)c2snnc2CC)cn1. The van der Waals surface area contributed by atoms with Gasteiger partial charge in [-0.25, -0.2) is 0 Å². The predicted molar refractivity (Wildman–Crippen MR) is 67.8 cm³/mol. The molecule has 0 saturated carbocycles. The van der Waals surface area contributed by atoms with Crippen molar-refractivity contribution in [2.24, 2.45) is 5.73 Å². The maximum atomic E-state index is 6.22. The summed E-state index contributed by atoms with van der Waals surface area (Å²) in [4.78, 5) is 1.04. The van der Waals surface area contributed by atoms with E-state index in [1.54, 1.807) is 0 Å². The average Bonchev–Trinajstić information content (AvgIpc) is 2.96. The second-order valence-corrected chi connectivity index (χ2v) is 4.74. The first-order valence-electron chi connectivity index (χ1n) is 5.85. The topological polar surface area (TPSA) is 69.6 Å². The van der Waals surface area contributed by atoms with Gasteiger partial charge >= 0.3 is 0 Å². The van der Waals surface area contributed by atoms with Gasteiger partial charge in [-0.3, -0.25) is 4.68 Å². The summed E-state index contributed by atoms with van der Waals surface area (Å²) < 4.78 is 5.89. The zero-order valence-electron chi connectivity index (χ0n) is 10.1. The van der Waals surface area contributed by atoms with Crippen LogP contribution in [-0.4, -0.2) is 19.4 Å². The Morgan fingerprint density at radius 1 is 1.47 bits per heavy atom. The molecule has 2 rings (SSSR count). The molecule has 0 radical (unpaired) electrons. The second-order valence-electron chi connectivity index (χ2n) is 3.95. The Morgan fingerprint density at radius 3 is 3.00 bits per heavy atom. The van der Waals surface area contributed by atoms with Crippen LogP contribution in [-0.2, 0) is 13.0 Å². The Morgan fingerprint density at radius 2 is 2.29 bits per heavy atom. The first-order chi connectivity index (χ1) is 8.26. The normalized spacial score (nSPS) is 12.9. The van der Waals surface area contributed by atoms with Gasteiger partial charge in [0.15, 0.2) is 0 Å². The minimum Gasteiger partial charge on any atom is -0.319 e. The maximum absolute atomic E-state index is 6.22. The lowest BCUT2D eigenvalue weighted by Crippen LogP contribution is -2.11. The molecule has 17 heavy (non-hydrogen) atoms. The lowest BCUT2D eigenvalue weighted by molar-refractivity contribution is 0.602. The molecule has 0 bridgehead atoms. The van der Waals surface area contributed by atoms with Gasteiger partial charge in [0, 0.05) is 18.3 Å². The number of aryl methyl sites for hydroxylation is 2. The van der Waals surface area contributed by atoms with Crippen LogP contribution in [0.25, 0.3) is 0 Å². The van der Waals surface area contributed by atoms with Gasteiger partial charge in [0.05, 0.1) is 22.8 Å². The van der Waals surface area contributed by atoms with Crippen molar-refractivity contribution in [1.82, 2.24) is 19.4 Å². The quantitative estimate of drug-likeness (QED) is 0.879. The molecule has 2 aromatic rings. The molecule has 0 amide bonds. The number of nitrogens with zero attached hydrogens (tertiary/aromatic N) is 4. The summed E-state index contributed by atoms with van der Waals surface area (Å²) in [5, 5.41) is 8.38. The Kier molecular flexibility index (Phi) is 3.86. The fourth-order valence-corrected chi connectivity index (χ4v) is 2.51. The van der Waals surface area contributed by atoms with Gasteiger partial charge < -0.3 is 5.73 Å². The van der Waals surface area contributed by atoms with Crippen molar-refractivity contribution in [3.63, 3.8) is 0 Å². The number of rotatable bonds is 5. The van der Waals surface area contributed by atoms with Crippen LogP contribution < -0.4 is 5.73 Å². The van der Waals surface area contributed by atoms with E-state index in [2.05, 4.69) is 28.5 Å². The first-order valence-corrected chi connectivity index (χ1v) is 6.62. The minimum absolute atomic E-state index is 0.157. The number of hydrogen-bond acceptors (Lipinski definition) is 5. The van der Waals surface area contributed by atoms with E-state index in [1.165, 1.54) is 11.5 Å². The van der Waals surface area contributed by atoms with Crippen molar-refractivity contribution >= 4 is 11.5 Å². The third-order valence-corrected chi connectivity index (χ3v) is 3.52. The van der Waals surface area contributed by atoms with Crippen molar-refractivity contribution in [2.45, 2.75) is 39.3 Å². The summed E-state index contributed by atoms with van der Waals surface area (Å²) in [6.45, 7) is 5.12. The highest BCUT2D eigenvalue weighted by atomic mass is 32.1. The van der Waals surface area contributed by atoms with Gasteiger partial charge in [-0.15, -0.1) is 5.10 Å². The fourth-order valence-electron chi connectivity index (χ4n) is 1.74. The summed E-state index contributed by atoms with van der Waals surface area (Å²) in [6, 6.07) is -0.157. The minimum atomic E-state index is -0.157. The van der Waals surface area contributed by atoms with Crippen molar-refractivity contribution in [3.05, 3.63) is 28.5 Å². The van der Waals surface area contributed by atoms with Gasteiger partial charge in [-0.1, -0.05) is 18.3 Å². The van der Waals surface area contributed by atoms with Crippen LogP contribution in [0, 0.1) is 0 Å². The van der Waals surface area contributed by atoms with Crippen LogP contribution >= 0.6 is 11.5 Å². The van der Waals surface area contributed by atoms with Crippen LogP contribution in [0.2, 0.25) is 0 Å². The Labute approximate surface area is 105 Å². The Bertz CT molecular complexity index is 476. The molecule has 1 unspecified atom stereocenters. The predicted octanol–water partition coefficient (Wildman–Crippen LogP) is 1.76. The van der Waals surface area contributed by atoms with Gasteiger partial charge in [0.2, 0.25) is 0 Å². The molecule has 0 saturated heterocycles. The average molecular weight is 251 g/mol. The molecule has 5 nitrogen and oxygen atoms in total. The molecule has 2 aromatic heterocycles. The summed E-state index contributed by atoms with van der Waals surface area (Å²) in [5.74, 6) is 0. The molecule has 6 heteroatoms. The van der Waals surface area contributed by atoms with Crippen molar-refractivity contribution < 1.29 is 0 Å². The number of nitrogens with two attached hydrogens (primary N) is 1. The molecule has 0 aromatic carbocycles. The monoisotopic (exact) mass is 251 g/mol. The molecule has 0 spiro atoms. The van der Waals surface area contributed by atoms with Crippen molar-refractivity contribution in [1.29, 1.82) is 0 Å². The molecule has 2 heterocycles. The molecular weight excluding hydrogens is 234 g/mol. The van der Waals surface area contributed by atoms with Crippen LogP contribution in [0.4, 0.5) is 0 Å². The Balaban J connectivity index is 2.21. The van der Waals surface area contributed by atoms with Gasteiger partial charge in [0.1, 0.15) is 0 Å². The molecule has 1 atom stereocenters. The lowest BCUT2D eigenvalue weighted by Gasteiger charge is -2.07. The highest BCUT2D eigenvalue weighted by molar-refractivity contribution is 7.05. The third-order valence-electron chi connectivity index (χ3n) is 2.67. The van der Waals surface area contributed by atoms with Crippen LogP contribution in [0.1, 0.15) is 42.4 Å². The summed E-state index contributed by atoms with van der Waals surface area (Å²) in [6.07, 6.45) is 5.77. The third kappa shape index (κ3) is 2.53. The Hall–Kier alpha value is -1.27. The maximum Gasteiger partial charge on any atom is 0.0804 e. The molecular formula is C11H17N5S. The summed E-state index contributed by atoms with van der Waals surface area (Å²) in [7, 11) is 0. The van der Waals surface area contributed by atoms with Crippen LogP contribution in [0.3, 0.4) is 0 Å². The van der Waals surface area contributed by atoms with E-state index in [-0.39, 0.29) is 6.04 Å². The van der Waals surface area contributed by atoms with Crippen LogP contribution in [0.15, 0.2) is 12.4 Å². The standard InChI is InChI=1S/C11H17N5S/c1-3-5-16-7-8(6-13-16)10(12)11-9(4-2)14-15-17-11/h6-7,10H,3-5,12H2,1-2H3. The van der Waals surface area contributed by atoms with E-state index < -0.39 is 0 Å². The van der Waals surface area contributed by atoms with Gasteiger partial charge in [0.25, 0.3) is 0 Å². The summed E-state index contributed by atoms with van der Waals surface area (Å²) >= 11 is 1.38. The largest absolute Gasteiger partial charge is 0.319 e. The van der Waals surface area contributed by atoms with E-state index in [0.29, 0.717) is 0 Å². The molecule has 0 fully saturated rings. The van der Waals surface area contributed by atoms with Crippen molar-refractivity contribution in [2.75, 3.05) is 0 Å². The zero-order chi connectivity index (χ0) is 12.3. The van der Waals surface area contributed by atoms with E-state index in [1.807, 2.05) is 17.1 Å². The molecule has 0 aliphatic heterocycles. The number of aromatic nitrogens is 4. The number of hydrogen-bond donors (Lipinski definition) is 1. The van der Waals surface area contributed by atoms with E-state index in [9.17, 15) is 0 Å². The zero-order valence-corrected chi connectivity index (χ0v) is 10.9. The van der Waals surface area contributed by atoms with Gasteiger partial charge in [-0.2, -0.15) is 5.10 Å². The van der Waals surface area contributed by atoms with E-state index >= 15 is 0 Å². The molecule has 0 aliphatic carbocycles. The molecule has 0 aliphatic rings. The fraction of sp³-hybridized carbons (Fsp3) is 0.545. The smallest absolute Gasteiger partial charge is 0.0804 e. The highest BCUT2D eigenvalue weighted by Crippen LogP contribution is 2.24. The van der Waals surface area contributed by atoms with E-state index in [0.717, 1.165) is 35.5 Å². The molecule has 2 N–H and O–H groups in total. The van der Waals surface area contributed by atoms with Crippen LogP contribution in [0.5, 0.6) is 0 Å². The van der Waals surface area contributed by atoms with Crippen molar-refractivity contribution in [3.8, 4) is 0 Å². The van der Waals surface area contributed by atoms with Gasteiger partial charge in [-0.05, 0) is 24.4 Å². The lowest BCUT2D eigenvalue weighted by atomic mass is 10.1.